The van der Waals surface area contributed by atoms with Gasteiger partial charge in [0.2, 0.25) is 0 Å². The SMILES string of the molecule is CC(=O)C(C(=O)[O-])C(=O)c1ccc(C(F)(F)F)cc1C(F)(F)F. The van der Waals surface area contributed by atoms with Crippen molar-refractivity contribution in [3.63, 3.8) is 0 Å². The highest BCUT2D eigenvalue weighted by atomic mass is 19.4. The molecule has 1 aromatic carbocycles. The number of hydrogen-bond donors (Lipinski definition) is 0. The Labute approximate surface area is 124 Å². The molecule has 0 fully saturated rings. The normalized spacial score (nSPS) is 13.5. The molecular weight excluding hydrogens is 334 g/mol. The average Bonchev–Trinajstić information content (AvgIpc) is 2.34. The van der Waals surface area contributed by atoms with Crippen LogP contribution in [0, 0.1) is 5.92 Å². The number of carbonyl (C=O) groups is 3. The summed E-state index contributed by atoms with van der Waals surface area (Å²) in [6.07, 6.45) is -10.5. The number of aliphatic carboxylic acids is 1. The maximum atomic E-state index is 12.9. The van der Waals surface area contributed by atoms with E-state index in [4.69, 9.17) is 0 Å². The zero-order valence-corrected chi connectivity index (χ0v) is 11.2. The molecule has 0 amide bonds. The van der Waals surface area contributed by atoms with Gasteiger partial charge in [0, 0.05) is 5.56 Å². The van der Waals surface area contributed by atoms with Gasteiger partial charge in [-0.3, -0.25) is 9.59 Å². The van der Waals surface area contributed by atoms with Crippen molar-refractivity contribution in [3.8, 4) is 0 Å². The fraction of sp³-hybridized carbons (Fsp3) is 0.308. The van der Waals surface area contributed by atoms with Crippen molar-refractivity contribution in [2.75, 3.05) is 0 Å². The van der Waals surface area contributed by atoms with Crippen LogP contribution in [0.2, 0.25) is 0 Å². The van der Waals surface area contributed by atoms with Crippen LogP contribution in [0.5, 0.6) is 0 Å². The molecule has 4 nitrogen and oxygen atoms in total. The Bertz CT molecular complexity index is 645. The van der Waals surface area contributed by atoms with E-state index in [9.17, 15) is 45.8 Å². The Morgan fingerprint density at radius 3 is 1.87 bits per heavy atom. The van der Waals surface area contributed by atoms with E-state index in [1.165, 1.54) is 0 Å². The largest absolute Gasteiger partial charge is 0.549 e. The van der Waals surface area contributed by atoms with Gasteiger partial charge in [-0.1, -0.05) is 6.07 Å². The van der Waals surface area contributed by atoms with Crippen LogP contribution in [0.25, 0.3) is 0 Å². The van der Waals surface area contributed by atoms with Crippen molar-refractivity contribution in [1.82, 2.24) is 0 Å². The molecule has 0 aliphatic rings. The van der Waals surface area contributed by atoms with Gasteiger partial charge in [0.05, 0.1) is 17.1 Å². The summed E-state index contributed by atoms with van der Waals surface area (Å²) >= 11 is 0. The van der Waals surface area contributed by atoms with Gasteiger partial charge < -0.3 is 9.90 Å². The van der Waals surface area contributed by atoms with Crippen LogP contribution in [-0.2, 0) is 21.9 Å². The van der Waals surface area contributed by atoms with Gasteiger partial charge >= 0.3 is 12.4 Å². The first-order chi connectivity index (χ1) is 10.3. The van der Waals surface area contributed by atoms with Crippen LogP contribution in [0.4, 0.5) is 26.3 Å². The third kappa shape index (κ3) is 4.08. The van der Waals surface area contributed by atoms with Crippen molar-refractivity contribution < 1.29 is 45.8 Å². The second-order valence-electron chi connectivity index (χ2n) is 4.48. The van der Waals surface area contributed by atoms with Gasteiger partial charge in [0.1, 0.15) is 11.7 Å². The lowest BCUT2D eigenvalue weighted by Gasteiger charge is -2.19. The molecule has 1 rings (SSSR count). The Balaban J connectivity index is 3.56. The molecule has 0 aromatic heterocycles. The lowest BCUT2D eigenvalue weighted by molar-refractivity contribution is -0.307. The van der Waals surface area contributed by atoms with E-state index in [0.29, 0.717) is 6.92 Å². The summed E-state index contributed by atoms with van der Waals surface area (Å²) in [6.45, 7) is 0.635. The number of rotatable bonds is 4. The first-order valence-electron chi connectivity index (χ1n) is 5.80. The van der Waals surface area contributed by atoms with Gasteiger partial charge in [0.15, 0.2) is 5.78 Å². The number of carboxylic acids is 1. The van der Waals surface area contributed by atoms with Gasteiger partial charge in [-0.25, -0.2) is 0 Å². The number of benzene rings is 1. The third-order valence-corrected chi connectivity index (χ3v) is 2.82. The fourth-order valence-corrected chi connectivity index (χ4v) is 1.78. The molecule has 1 aromatic rings. The molecule has 0 radical (unpaired) electrons. The molecule has 0 N–H and O–H groups in total. The molecule has 0 saturated heterocycles. The highest BCUT2D eigenvalue weighted by Gasteiger charge is 2.41. The van der Waals surface area contributed by atoms with Crippen LogP contribution in [-0.4, -0.2) is 17.5 Å². The summed E-state index contributed by atoms with van der Waals surface area (Å²) in [7, 11) is 0. The minimum absolute atomic E-state index is 0.187. The zero-order valence-electron chi connectivity index (χ0n) is 11.2. The van der Waals surface area contributed by atoms with Crippen molar-refractivity contribution in [1.29, 1.82) is 0 Å². The summed E-state index contributed by atoms with van der Waals surface area (Å²) in [5, 5.41) is 10.7. The van der Waals surface area contributed by atoms with E-state index in [0.717, 1.165) is 0 Å². The molecule has 0 saturated carbocycles. The van der Waals surface area contributed by atoms with E-state index >= 15 is 0 Å². The molecule has 10 heteroatoms. The predicted molar refractivity (Wildman–Crippen MR) is 60.0 cm³/mol. The number of carbonyl (C=O) groups excluding carboxylic acids is 3. The van der Waals surface area contributed by atoms with Gasteiger partial charge in [-0.2, -0.15) is 26.3 Å². The van der Waals surface area contributed by atoms with Crippen LogP contribution in [0.3, 0.4) is 0 Å². The fourth-order valence-electron chi connectivity index (χ4n) is 1.78. The minimum Gasteiger partial charge on any atom is -0.549 e. The number of ketones is 2. The summed E-state index contributed by atoms with van der Waals surface area (Å²) in [6, 6.07) is 0.0571. The smallest absolute Gasteiger partial charge is 0.417 e. The molecule has 0 aliphatic heterocycles. The quantitative estimate of drug-likeness (QED) is 0.476. The molecular formula is C13H7F6O4-. The topological polar surface area (TPSA) is 74.3 Å². The Morgan fingerprint density at radius 2 is 1.52 bits per heavy atom. The number of alkyl halides is 6. The number of Topliss-reactive ketones (excluding diaryl/α,β-unsaturated/α-hetero) is 2. The summed E-state index contributed by atoms with van der Waals surface area (Å²) in [5.41, 5.74) is -5.01. The molecule has 0 spiro atoms. The first kappa shape index (κ1) is 18.7. The Hall–Kier alpha value is -2.39. The Kier molecular flexibility index (Phi) is 4.88. The van der Waals surface area contributed by atoms with Crippen molar-refractivity contribution in [2.24, 2.45) is 5.92 Å². The third-order valence-electron chi connectivity index (χ3n) is 2.82. The van der Waals surface area contributed by atoms with Crippen LogP contribution >= 0.6 is 0 Å². The summed E-state index contributed by atoms with van der Waals surface area (Å²) in [4.78, 5) is 33.6. The monoisotopic (exact) mass is 341 g/mol. The van der Waals surface area contributed by atoms with Crippen molar-refractivity contribution >= 4 is 17.5 Å². The summed E-state index contributed by atoms with van der Waals surface area (Å²) in [5.74, 6) is -7.87. The van der Waals surface area contributed by atoms with E-state index in [2.05, 4.69) is 0 Å². The lowest BCUT2D eigenvalue weighted by Crippen LogP contribution is -2.41. The highest BCUT2D eigenvalue weighted by Crippen LogP contribution is 2.38. The number of halogens is 6. The zero-order chi connectivity index (χ0) is 18.2. The standard InChI is InChI=1S/C13H8F6O4/c1-5(20)9(11(22)23)10(21)7-3-2-6(12(14,15)16)4-8(7)13(17,18)19/h2-4,9H,1H3,(H,22,23)/p-1. The van der Waals surface area contributed by atoms with Crippen LogP contribution in [0.15, 0.2) is 18.2 Å². The first-order valence-corrected chi connectivity index (χ1v) is 5.80. The predicted octanol–water partition coefficient (Wildman–Crippen LogP) is 1.86. The van der Waals surface area contributed by atoms with Gasteiger partial charge in [-0.15, -0.1) is 0 Å². The maximum absolute atomic E-state index is 12.9. The van der Waals surface area contributed by atoms with E-state index < -0.39 is 52.5 Å². The van der Waals surface area contributed by atoms with Crippen LogP contribution < -0.4 is 5.11 Å². The molecule has 1 unspecified atom stereocenters. The maximum Gasteiger partial charge on any atom is 0.417 e. The second-order valence-corrected chi connectivity index (χ2v) is 4.48. The van der Waals surface area contributed by atoms with Crippen molar-refractivity contribution in [3.05, 3.63) is 34.9 Å². The Morgan fingerprint density at radius 1 is 1.00 bits per heavy atom. The molecule has 126 valence electrons. The number of hydrogen-bond acceptors (Lipinski definition) is 4. The number of carboxylic acid groups (broad SMARTS) is 1. The summed E-state index contributed by atoms with van der Waals surface area (Å²) < 4.78 is 76.1. The van der Waals surface area contributed by atoms with Crippen molar-refractivity contribution in [2.45, 2.75) is 19.3 Å². The molecule has 23 heavy (non-hydrogen) atoms. The van der Waals surface area contributed by atoms with E-state index in [1.807, 2.05) is 0 Å². The van der Waals surface area contributed by atoms with Gasteiger partial charge in [-0.05, 0) is 19.1 Å². The van der Waals surface area contributed by atoms with E-state index in [-0.39, 0.29) is 18.2 Å². The van der Waals surface area contributed by atoms with E-state index in [1.54, 1.807) is 0 Å². The second kappa shape index (κ2) is 6.01. The van der Waals surface area contributed by atoms with Gasteiger partial charge in [0.25, 0.3) is 0 Å². The molecule has 1 atom stereocenters. The average molecular weight is 341 g/mol. The highest BCUT2D eigenvalue weighted by molar-refractivity contribution is 6.21. The van der Waals surface area contributed by atoms with Crippen LogP contribution in [0.1, 0.15) is 28.4 Å². The minimum atomic E-state index is -5.36. The lowest BCUT2D eigenvalue weighted by atomic mass is 9.90. The molecule has 0 aliphatic carbocycles. The molecule has 0 heterocycles. The molecule has 0 bridgehead atoms.